The molecular formula is C22H20ClFN6. The van der Waals surface area contributed by atoms with Crippen LogP contribution >= 0.6 is 11.6 Å². The summed E-state index contributed by atoms with van der Waals surface area (Å²) in [6, 6.07) is 10.3. The third kappa shape index (κ3) is 3.20. The minimum atomic E-state index is -0.502. The Hall–Kier alpha value is -3.03. The van der Waals surface area contributed by atoms with Gasteiger partial charge in [0.1, 0.15) is 5.82 Å². The van der Waals surface area contributed by atoms with E-state index in [2.05, 4.69) is 20.2 Å². The van der Waals surface area contributed by atoms with Crippen molar-refractivity contribution in [1.82, 2.24) is 15.3 Å². The summed E-state index contributed by atoms with van der Waals surface area (Å²) >= 11 is 6.00. The molecule has 2 fully saturated rings. The van der Waals surface area contributed by atoms with Gasteiger partial charge in [0.15, 0.2) is 0 Å². The summed E-state index contributed by atoms with van der Waals surface area (Å²) in [6.45, 7) is 3.04. The van der Waals surface area contributed by atoms with Gasteiger partial charge in [-0.1, -0.05) is 11.6 Å². The average molecular weight is 423 g/mol. The third-order valence-electron chi connectivity index (χ3n) is 5.90. The maximum absolute atomic E-state index is 14.3. The van der Waals surface area contributed by atoms with Crippen molar-refractivity contribution in [3.05, 3.63) is 64.7 Å². The van der Waals surface area contributed by atoms with Gasteiger partial charge in [0.2, 0.25) is 0 Å². The van der Waals surface area contributed by atoms with Crippen molar-refractivity contribution < 1.29 is 4.39 Å². The van der Waals surface area contributed by atoms with E-state index in [1.807, 2.05) is 18.3 Å². The van der Waals surface area contributed by atoms with Crippen LogP contribution in [0, 0.1) is 17.1 Å². The molecule has 1 aromatic carbocycles. The highest BCUT2D eigenvalue weighted by Gasteiger charge is 2.39. The van der Waals surface area contributed by atoms with Gasteiger partial charge in [0.05, 0.1) is 34.3 Å². The average Bonchev–Trinajstić information content (AvgIpc) is 3.04. The van der Waals surface area contributed by atoms with Gasteiger partial charge in [-0.15, -0.1) is 0 Å². The molecule has 2 aliphatic rings. The standard InChI is InChI=1S/C22H20ClFN6/c23-13-1-2-17(24)15(5-13)22(26)16(7-25)18-3-4-19-20(29-18)6-14(9-28-19)30-10-12-8-27-21(12)11-30/h1-7,9,12,21,25,27H,8,10-11,26H2. The number of benzene rings is 1. The molecule has 3 aromatic rings. The molecule has 0 radical (unpaired) electrons. The SMILES string of the molecule is N=CC(=C(N)c1cc(Cl)ccc1F)c1ccc2ncc(N3CC4CNC4C3)cc2n1. The van der Waals surface area contributed by atoms with Gasteiger partial charge in [-0.2, -0.15) is 0 Å². The van der Waals surface area contributed by atoms with Crippen LogP contribution in [-0.2, 0) is 0 Å². The molecule has 0 amide bonds. The van der Waals surface area contributed by atoms with Crippen molar-refractivity contribution in [2.45, 2.75) is 6.04 Å². The molecule has 0 bridgehead atoms. The Labute approximate surface area is 178 Å². The number of nitrogens with zero attached hydrogens (tertiary/aromatic N) is 3. The number of nitrogens with one attached hydrogen (secondary N) is 2. The molecule has 8 heteroatoms. The van der Waals surface area contributed by atoms with Gasteiger partial charge in [-0.3, -0.25) is 4.98 Å². The fraction of sp³-hybridized carbons (Fsp3) is 0.227. The Morgan fingerprint density at radius 2 is 2.10 bits per heavy atom. The van der Waals surface area contributed by atoms with Crippen molar-refractivity contribution in [1.29, 1.82) is 5.41 Å². The third-order valence-corrected chi connectivity index (χ3v) is 6.14. The van der Waals surface area contributed by atoms with E-state index in [1.54, 1.807) is 6.07 Å². The number of aromatic nitrogens is 2. The number of nitrogens with two attached hydrogens (primary N) is 1. The summed E-state index contributed by atoms with van der Waals surface area (Å²) in [5, 5.41) is 11.7. The van der Waals surface area contributed by atoms with E-state index in [0.29, 0.717) is 33.8 Å². The number of allylic oxidation sites excluding steroid dienone is 1. The van der Waals surface area contributed by atoms with Crippen molar-refractivity contribution >= 4 is 45.8 Å². The number of fused-ring (bicyclic) bond motifs is 2. The second kappa shape index (κ2) is 7.34. The number of hydrogen-bond acceptors (Lipinski definition) is 6. The second-order valence-electron chi connectivity index (χ2n) is 7.70. The van der Waals surface area contributed by atoms with Crippen LogP contribution in [0.4, 0.5) is 10.1 Å². The van der Waals surface area contributed by atoms with E-state index in [4.69, 9.17) is 22.7 Å². The zero-order valence-corrected chi connectivity index (χ0v) is 16.8. The first-order chi connectivity index (χ1) is 14.5. The molecule has 2 unspecified atom stereocenters. The van der Waals surface area contributed by atoms with E-state index in [9.17, 15) is 4.39 Å². The van der Waals surface area contributed by atoms with Gasteiger partial charge >= 0.3 is 0 Å². The van der Waals surface area contributed by atoms with Crippen molar-refractivity contribution in [3.8, 4) is 0 Å². The molecule has 0 spiro atoms. The molecule has 2 aromatic heterocycles. The van der Waals surface area contributed by atoms with Gasteiger partial charge in [0.25, 0.3) is 0 Å². The molecule has 152 valence electrons. The Bertz CT molecular complexity index is 1180. The number of hydrogen-bond donors (Lipinski definition) is 3. The lowest BCUT2D eigenvalue weighted by Crippen LogP contribution is -2.51. The number of halogens is 2. The molecule has 2 aliphatic heterocycles. The molecule has 0 aliphatic carbocycles. The van der Waals surface area contributed by atoms with Crippen LogP contribution in [-0.4, -0.2) is 41.9 Å². The lowest BCUT2D eigenvalue weighted by atomic mass is 9.96. The fourth-order valence-electron chi connectivity index (χ4n) is 4.12. The Morgan fingerprint density at radius 1 is 1.23 bits per heavy atom. The summed E-state index contributed by atoms with van der Waals surface area (Å²) in [4.78, 5) is 11.5. The van der Waals surface area contributed by atoms with E-state index < -0.39 is 5.82 Å². The molecule has 30 heavy (non-hydrogen) atoms. The Balaban J connectivity index is 1.55. The predicted molar refractivity (Wildman–Crippen MR) is 118 cm³/mol. The first-order valence-electron chi connectivity index (χ1n) is 9.74. The van der Waals surface area contributed by atoms with Gasteiger partial charge in [-0.25, -0.2) is 9.37 Å². The minimum Gasteiger partial charge on any atom is -0.398 e. The first-order valence-corrected chi connectivity index (χ1v) is 10.1. The quantitative estimate of drug-likeness (QED) is 0.561. The molecule has 4 N–H and O–H groups in total. The Kier molecular flexibility index (Phi) is 4.64. The van der Waals surface area contributed by atoms with Crippen molar-refractivity contribution in [2.75, 3.05) is 24.5 Å². The van der Waals surface area contributed by atoms with Crippen LogP contribution in [0.2, 0.25) is 5.02 Å². The smallest absolute Gasteiger partial charge is 0.132 e. The van der Waals surface area contributed by atoms with Crippen LogP contribution < -0.4 is 16.0 Å². The zero-order chi connectivity index (χ0) is 20.8. The summed E-state index contributed by atoms with van der Waals surface area (Å²) in [5.74, 6) is 0.193. The van der Waals surface area contributed by atoms with Crippen molar-refractivity contribution in [3.63, 3.8) is 0 Å². The van der Waals surface area contributed by atoms with Crippen LogP contribution in [0.15, 0.2) is 42.6 Å². The predicted octanol–water partition coefficient (Wildman–Crippen LogP) is 3.31. The van der Waals surface area contributed by atoms with Gasteiger partial charge in [0, 0.05) is 54.0 Å². The summed E-state index contributed by atoms with van der Waals surface area (Å²) < 4.78 is 14.3. The normalized spacial score (nSPS) is 21.2. The zero-order valence-electron chi connectivity index (χ0n) is 16.1. The summed E-state index contributed by atoms with van der Waals surface area (Å²) in [6.07, 6.45) is 2.96. The van der Waals surface area contributed by atoms with Crippen LogP contribution in [0.25, 0.3) is 22.3 Å². The number of rotatable bonds is 4. The topological polar surface area (TPSA) is 90.9 Å². The van der Waals surface area contributed by atoms with Gasteiger partial charge < -0.3 is 21.4 Å². The van der Waals surface area contributed by atoms with E-state index in [0.717, 1.165) is 37.1 Å². The molecule has 5 rings (SSSR count). The lowest BCUT2D eigenvalue weighted by Gasteiger charge is -2.29. The first kappa shape index (κ1) is 19.0. The maximum atomic E-state index is 14.3. The highest BCUT2D eigenvalue weighted by Crippen LogP contribution is 2.30. The Morgan fingerprint density at radius 3 is 2.80 bits per heavy atom. The van der Waals surface area contributed by atoms with Crippen molar-refractivity contribution in [2.24, 2.45) is 11.7 Å². The van der Waals surface area contributed by atoms with Gasteiger partial charge in [-0.05, 0) is 36.4 Å². The molecular weight excluding hydrogens is 403 g/mol. The van der Waals surface area contributed by atoms with E-state index >= 15 is 0 Å². The molecule has 4 heterocycles. The second-order valence-corrected chi connectivity index (χ2v) is 8.14. The maximum Gasteiger partial charge on any atom is 0.132 e. The van der Waals surface area contributed by atoms with Crippen LogP contribution in [0.3, 0.4) is 0 Å². The van der Waals surface area contributed by atoms with E-state index in [-0.39, 0.29) is 11.3 Å². The number of anilines is 1. The molecule has 0 saturated carbocycles. The lowest BCUT2D eigenvalue weighted by molar-refractivity contribution is 0.297. The van der Waals surface area contributed by atoms with Crippen LogP contribution in [0.1, 0.15) is 11.3 Å². The van der Waals surface area contributed by atoms with E-state index in [1.165, 1.54) is 18.2 Å². The molecule has 2 atom stereocenters. The highest BCUT2D eigenvalue weighted by molar-refractivity contribution is 6.31. The number of pyridine rings is 2. The van der Waals surface area contributed by atoms with Crippen LogP contribution in [0.5, 0.6) is 0 Å². The minimum absolute atomic E-state index is 0.114. The fourth-order valence-corrected chi connectivity index (χ4v) is 4.29. The highest BCUT2D eigenvalue weighted by atomic mass is 35.5. The summed E-state index contributed by atoms with van der Waals surface area (Å²) in [7, 11) is 0. The summed E-state index contributed by atoms with van der Waals surface area (Å²) in [5.41, 5.74) is 9.77. The molecule has 6 nitrogen and oxygen atoms in total. The largest absolute Gasteiger partial charge is 0.398 e. The monoisotopic (exact) mass is 422 g/mol. The molecule has 2 saturated heterocycles.